The largest absolute Gasteiger partial charge is 0.481 e. The smallest absolute Gasteiger partial charge is 0.277 e. The van der Waals surface area contributed by atoms with E-state index in [0.717, 1.165) is 4.47 Å². The number of nitrogens with zero attached hydrogens (tertiary/aromatic N) is 2. The quantitative estimate of drug-likeness (QED) is 0.337. The molecule has 0 bridgehead atoms. The zero-order valence-electron chi connectivity index (χ0n) is 12.4. The van der Waals surface area contributed by atoms with Crippen LogP contribution in [0.3, 0.4) is 0 Å². The minimum Gasteiger partial charge on any atom is -0.481 e. The third-order valence-electron chi connectivity index (χ3n) is 2.79. The third-order valence-corrected chi connectivity index (χ3v) is 4.43. The summed E-state index contributed by atoms with van der Waals surface area (Å²) in [4.78, 5) is 22.0. The van der Waals surface area contributed by atoms with Gasteiger partial charge in [-0.2, -0.15) is 5.10 Å². The Morgan fingerprint density at radius 3 is 2.56 bits per heavy atom. The summed E-state index contributed by atoms with van der Waals surface area (Å²) in [6.45, 7) is -0.245. The third kappa shape index (κ3) is 5.91. The summed E-state index contributed by atoms with van der Waals surface area (Å²) in [5.41, 5.74) is 2.74. The van der Waals surface area contributed by atoms with Crippen molar-refractivity contribution in [1.82, 2.24) is 5.43 Å². The number of benzene rings is 2. The van der Waals surface area contributed by atoms with Crippen LogP contribution < -0.4 is 10.2 Å². The molecule has 0 saturated carbocycles. The summed E-state index contributed by atoms with van der Waals surface area (Å²) in [6.07, 6.45) is 1.32. The molecule has 2 aromatic carbocycles. The highest BCUT2D eigenvalue weighted by Crippen LogP contribution is 2.36. The van der Waals surface area contributed by atoms with Crippen LogP contribution in [-0.2, 0) is 4.79 Å². The van der Waals surface area contributed by atoms with Gasteiger partial charge in [-0.3, -0.25) is 14.9 Å². The molecule has 7 nitrogen and oxygen atoms in total. The number of carbonyl (C=O) groups is 1. The van der Waals surface area contributed by atoms with Crippen LogP contribution in [0.4, 0.5) is 5.69 Å². The van der Waals surface area contributed by atoms with Gasteiger partial charge < -0.3 is 4.74 Å². The molecule has 0 aliphatic rings. The fraction of sp³-hybridized carbons (Fsp3) is 0.0667. The molecule has 0 aliphatic heterocycles. The number of halogens is 3. The molecule has 2 aromatic rings. The van der Waals surface area contributed by atoms with Crippen LogP contribution in [0.2, 0.25) is 0 Å². The molecule has 0 heterocycles. The van der Waals surface area contributed by atoms with Gasteiger partial charge in [-0.25, -0.2) is 5.43 Å². The maximum absolute atomic E-state index is 11.8. The molecule has 0 saturated heterocycles. The Morgan fingerprint density at radius 1 is 1.24 bits per heavy atom. The number of carbonyl (C=O) groups excluding carboxylic acids is 1. The molecule has 130 valence electrons. The van der Waals surface area contributed by atoms with E-state index in [0.29, 0.717) is 20.3 Å². The number of ether oxygens (including phenoxy) is 1. The molecule has 0 aromatic heterocycles. The molecule has 0 fully saturated rings. The molecule has 25 heavy (non-hydrogen) atoms. The standard InChI is InChI=1S/C15H10Br3N3O4/c16-10-5-12(17)15(13(18)6-10)25-8-14(22)20-19-7-9-2-1-3-11(4-9)21(23)24/h1-7H,8H2,(H,20,22)/b19-7-. The van der Waals surface area contributed by atoms with Gasteiger partial charge in [0.25, 0.3) is 11.6 Å². The van der Waals surface area contributed by atoms with E-state index in [4.69, 9.17) is 4.74 Å². The summed E-state index contributed by atoms with van der Waals surface area (Å²) in [7, 11) is 0. The van der Waals surface area contributed by atoms with E-state index < -0.39 is 10.8 Å². The molecule has 0 radical (unpaired) electrons. The highest BCUT2D eigenvalue weighted by atomic mass is 79.9. The molecule has 0 spiro atoms. The van der Waals surface area contributed by atoms with Crippen molar-refractivity contribution in [2.24, 2.45) is 5.10 Å². The molecular formula is C15H10Br3N3O4. The Hall–Kier alpha value is -1.78. The van der Waals surface area contributed by atoms with Gasteiger partial charge in [0.15, 0.2) is 6.61 Å². The van der Waals surface area contributed by atoms with Gasteiger partial charge >= 0.3 is 0 Å². The number of hydrogen-bond acceptors (Lipinski definition) is 5. The molecule has 10 heteroatoms. The van der Waals surface area contributed by atoms with E-state index in [9.17, 15) is 14.9 Å². The van der Waals surface area contributed by atoms with Crippen LogP contribution in [0.1, 0.15) is 5.56 Å². The van der Waals surface area contributed by atoms with E-state index in [1.807, 2.05) is 0 Å². The minimum absolute atomic E-state index is 0.0523. The number of rotatable bonds is 6. The Morgan fingerprint density at radius 2 is 1.92 bits per heavy atom. The first kappa shape index (κ1) is 19.5. The lowest BCUT2D eigenvalue weighted by molar-refractivity contribution is -0.384. The summed E-state index contributed by atoms with van der Waals surface area (Å²) >= 11 is 10.0. The number of hydrazone groups is 1. The number of nitrogens with one attached hydrogen (secondary N) is 1. The lowest BCUT2D eigenvalue weighted by Crippen LogP contribution is -2.24. The van der Waals surface area contributed by atoms with Crippen LogP contribution in [0.25, 0.3) is 0 Å². The number of amides is 1. The second kappa shape index (κ2) is 9.07. The Balaban J connectivity index is 1.91. The second-order valence-corrected chi connectivity index (χ2v) is 7.26. The van der Waals surface area contributed by atoms with Crippen LogP contribution in [0, 0.1) is 10.1 Å². The monoisotopic (exact) mass is 533 g/mol. The Bertz CT molecular complexity index is 820. The predicted octanol–water partition coefficient (Wildman–Crippen LogP) is 4.41. The SMILES string of the molecule is O=C(COc1c(Br)cc(Br)cc1Br)N/N=C\c1cccc([N+](=O)[O-])c1. The lowest BCUT2D eigenvalue weighted by Gasteiger charge is -2.09. The maximum Gasteiger partial charge on any atom is 0.277 e. The summed E-state index contributed by atoms with van der Waals surface area (Å²) in [5, 5.41) is 14.5. The first-order valence-electron chi connectivity index (χ1n) is 6.70. The highest BCUT2D eigenvalue weighted by Gasteiger charge is 2.10. The van der Waals surface area contributed by atoms with Crippen LogP contribution in [0.5, 0.6) is 5.75 Å². The molecule has 0 unspecified atom stereocenters. The first-order chi connectivity index (χ1) is 11.9. The van der Waals surface area contributed by atoms with Crippen LogP contribution in [0.15, 0.2) is 54.9 Å². The molecule has 1 amide bonds. The number of nitro benzene ring substituents is 1. The van der Waals surface area contributed by atoms with E-state index in [1.54, 1.807) is 18.2 Å². The van der Waals surface area contributed by atoms with Gasteiger partial charge in [0.05, 0.1) is 20.1 Å². The summed E-state index contributed by atoms with van der Waals surface area (Å²) in [5.74, 6) is 0.0180. The van der Waals surface area contributed by atoms with E-state index in [2.05, 4.69) is 58.3 Å². The van der Waals surface area contributed by atoms with Gasteiger partial charge in [-0.1, -0.05) is 28.1 Å². The van der Waals surface area contributed by atoms with Gasteiger partial charge in [0.2, 0.25) is 0 Å². The van der Waals surface area contributed by atoms with Crippen molar-refractivity contribution in [2.45, 2.75) is 0 Å². The minimum atomic E-state index is -0.502. The molecule has 2 rings (SSSR count). The average molecular weight is 536 g/mol. The van der Waals surface area contributed by atoms with Gasteiger partial charge in [0.1, 0.15) is 5.75 Å². The second-order valence-electron chi connectivity index (χ2n) is 4.63. The zero-order chi connectivity index (χ0) is 18.4. The number of nitro groups is 1. The lowest BCUT2D eigenvalue weighted by atomic mass is 10.2. The molecule has 1 N–H and O–H groups in total. The van der Waals surface area contributed by atoms with Crippen molar-refractivity contribution >= 4 is 65.6 Å². The van der Waals surface area contributed by atoms with Crippen LogP contribution in [-0.4, -0.2) is 23.7 Å². The topological polar surface area (TPSA) is 93.8 Å². The van der Waals surface area contributed by atoms with E-state index in [1.165, 1.54) is 24.4 Å². The van der Waals surface area contributed by atoms with Crippen molar-refractivity contribution in [3.63, 3.8) is 0 Å². The first-order valence-corrected chi connectivity index (χ1v) is 9.08. The van der Waals surface area contributed by atoms with Crippen LogP contribution >= 0.6 is 47.8 Å². The summed E-state index contributed by atoms with van der Waals surface area (Å²) in [6, 6.07) is 9.47. The van der Waals surface area contributed by atoms with E-state index >= 15 is 0 Å². The Labute approximate surface area is 168 Å². The van der Waals surface area contributed by atoms with Gasteiger partial charge in [-0.15, -0.1) is 0 Å². The molecular weight excluding hydrogens is 526 g/mol. The normalized spacial score (nSPS) is 10.7. The van der Waals surface area contributed by atoms with Crippen molar-refractivity contribution in [3.05, 3.63) is 65.5 Å². The fourth-order valence-corrected chi connectivity index (χ4v) is 4.22. The van der Waals surface area contributed by atoms with Crippen molar-refractivity contribution in [3.8, 4) is 5.75 Å². The number of hydrogen-bond donors (Lipinski definition) is 1. The molecule has 0 aliphatic carbocycles. The zero-order valence-corrected chi connectivity index (χ0v) is 17.2. The van der Waals surface area contributed by atoms with Crippen molar-refractivity contribution in [2.75, 3.05) is 6.61 Å². The summed E-state index contributed by atoms with van der Waals surface area (Å²) < 4.78 is 7.66. The average Bonchev–Trinajstić information content (AvgIpc) is 2.54. The van der Waals surface area contributed by atoms with Gasteiger partial charge in [0, 0.05) is 22.2 Å². The predicted molar refractivity (Wildman–Crippen MR) is 104 cm³/mol. The fourth-order valence-electron chi connectivity index (χ4n) is 1.73. The van der Waals surface area contributed by atoms with Crippen molar-refractivity contribution < 1.29 is 14.5 Å². The molecule has 0 atom stereocenters. The highest BCUT2D eigenvalue weighted by molar-refractivity contribution is 9.11. The number of non-ortho nitro benzene ring substituents is 1. The van der Waals surface area contributed by atoms with Gasteiger partial charge in [-0.05, 0) is 44.0 Å². The maximum atomic E-state index is 11.8. The van der Waals surface area contributed by atoms with E-state index in [-0.39, 0.29) is 12.3 Å². The van der Waals surface area contributed by atoms with Crippen molar-refractivity contribution in [1.29, 1.82) is 0 Å². The Kier molecular flexibility index (Phi) is 7.09.